The lowest BCUT2D eigenvalue weighted by Gasteiger charge is -2.25. The van der Waals surface area contributed by atoms with Crippen molar-refractivity contribution in [3.63, 3.8) is 0 Å². The Hall–Kier alpha value is -1.20. The molecule has 0 spiro atoms. The quantitative estimate of drug-likeness (QED) is 0.540. The fourth-order valence-corrected chi connectivity index (χ4v) is 1.97. The van der Waals surface area contributed by atoms with Crippen LogP contribution in [0.15, 0.2) is 0 Å². The van der Waals surface area contributed by atoms with E-state index in [-0.39, 0.29) is 11.0 Å². The van der Waals surface area contributed by atoms with E-state index < -0.39 is 5.97 Å². The summed E-state index contributed by atoms with van der Waals surface area (Å²) in [7, 11) is 3.32. The summed E-state index contributed by atoms with van der Waals surface area (Å²) in [6.07, 6.45) is 0.776. The van der Waals surface area contributed by atoms with Crippen LogP contribution in [0.2, 0.25) is 5.28 Å². The van der Waals surface area contributed by atoms with Gasteiger partial charge in [0.25, 0.3) is 0 Å². The molecular weight excluding hydrogens is 230 g/mol. The lowest BCUT2D eigenvalue weighted by atomic mass is 10.0. The van der Waals surface area contributed by atoms with Crippen LogP contribution >= 0.6 is 11.6 Å². The van der Waals surface area contributed by atoms with Gasteiger partial charge in [-0.1, -0.05) is 0 Å². The average Bonchev–Trinajstić information content (AvgIpc) is 2.27. The highest BCUT2D eigenvalue weighted by atomic mass is 35.5. The van der Waals surface area contributed by atoms with E-state index in [0.717, 1.165) is 24.2 Å². The van der Waals surface area contributed by atoms with Crippen molar-refractivity contribution in [2.75, 3.05) is 20.7 Å². The number of hydrogen-bond donors (Lipinski definition) is 0. The summed E-state index contributed by atoms with van der Waals surface area (Å²) in [4.78, 5) is 21.7. The number of fused-ring (bicyclic) bond motifs is 1. The maximum absolute atomic E-state index is 11.6. The number of ether oxygens (including phenoxy) is 1. The molecule has 86 valence electrons. The largest absolute Gasteiger partial charge is 0.464 e. The third kappa shape index (κ3) is 2.01. The molecule has 0 saturated carbocycles. The van der Waals surface area contributed by atoms with Crippen molar-refractivity contribution in [2.45, 2.75) is 13.0 Å². The van der Waals surface area contributed by atoms with Gasteiger partial charge in [0.05, 0.1) is 12.8 Å². The summed E-state index contributed by atoms with van der Waals surface area (Å²) in [6, 6.07) is 0. The van der Waals surface area contributed by atoms with Crippen LogP contribution < -0.4 is 0 Å². The molecule has 0 unspecified atom stereocenters. The summed E-state index contributed by atoms with van der Waals surface area (Å²) in [5, 5.41) is 0.101. The first-order valence-electron chi connectivity index (χ1n) is 4.94. The van der Waals surface area contributed by atoms with Gasteiger partial charge in [-0.2, -0.15) is 0 Å². The Morgan fingerprint density at radius 3 is 2.94 bits per heavy atom. The average molecular weight is 242 g/mol. The van der Waals surface area contributed by atoms with Crippen LogP contribution in [0.1, 0.15) is 21.7 Å². The van der Waals surface area contributed by atoms with E-state index in [2.05, 4.69) is 19.6 Å². The monoisotopic (exact) mass is 241 g/mol. The molecule has 0 fully saturated rings. The van der Waals surface area contributed by atoms with Gasteiger partial charge in [-0.25, -0.2) is 14.8 Å². The van der Waals surface area contributed by atoms with Gasteiger partial charge in [0.2, 0.25) is 5.28 Å². The molecular formula is C10H12ClN3O2. The first kappa shape index (κ1) is 11.3. The third-order valence-electron chi connectivity index (χ3n) is 2.60. The van der Waals surface area contributed by atoms with Crippen molar-refractivity contribution in [1.29, 1.82) is 0 Å². The minimum atomic E-state index is -0.462. The minimum Gasteiger partial charge on any atom is -0.464 e. The predicted octanol–water partition coefficient (Wildman–Crippen LogP) is 0.905. The molecule has 0 aromatic carbocycles. The number of carbonyl (C=O) groups excluding carboxylic acids is 1. The van der Waals surface area contributed by atoms with Gasteiger partial charge in [-0.3, -0.25) is 0 Å². The lowest BCUT2D eigenvalue weighted by molar-refractivity contribution is 0.0590. The normalized spacial score (nSPS) is 15.7. The number of likely N-dealkylation sites (N-methyl/N-ethyl adjacent to an activating group) is 1. The maximum atomic E-state index is 11.6. The smallest absolute Gasteiger partial charge is 0.357 e. The number of rotatable bonds is 1. The highest BCUT2D eigenvalue weighted by Crippen LogP contribution is 2.21. The second-order valence-corrected chi connectivity index (χ2v) is 4.08. The summed E-state index contributed by atoms with van der Waals surface area (Å²) in [5.74, 6) is -0.462. The van der Waals surface area contributed by atoms with E-state index in [1.54, 1.807) is 0 Å². The molecule has 2 heterocycles. The third-order valence-corrected chi connectivity index (χ3v) is 2.77. The van der Waals surface area contributed by atoms with Crippen molar-refractivity contribution in [1.82, 2.24) is 14.9 Å². The molecule has 0 aliphatic carbocycles. The summed E-state index contributed by atoms with van der Waals surface area (Å²) >= 11 is 5.78. The Labute approximate surface area is 98.4 Å². The number of halogens is 1. The fourth-order valence-electron chi connectivity index (χ4n) is 1.78. The van der Waals surface area contributed by atoms with Crippen molar-refractivity contribution in [3.05, 3.63) is 22.2 Å². The van der Waals surface area contributed by atoms with Gasteiger partial charge in [-0.05, 0) is 18.6 Å². The lowest BCUT2D eigenvalue weighted by Crippen LogP contribution is -2.30. The molecule has 0 bridgehead atoms. The molecule has 1 aromatic rings. The van der Waals surface area contributed by atoms with E-state index in [0.29, 0.717) is 6.54 Å². The van der Waals surface area contributed by atoms with Gasteiger partial charge >= 0.3 is 5.97 Å². The van der Waals surface area contributed by atoms with E-state index in [1.165, 1.54) is 7.11 Å². The van der Waals surface area contributed by atoms with Crippen molar-refractivity contribution >= 4 is 17.6 Å². The molecule has 0 saturated heterocycles. The van der Waals surface area contributed by atoms with Crippen LogP contribution in [-0.2, 0) is 17.7 Å². The van der Waals surface area contributed by atoms with Crippen LogP contribution in [0.3, 0.4) is 0 Å². The van der Waals surface area contributed by atoms with Crippen molar-refractivity contribution < 1.29 is 9.53 Å². The molecule has 2 rings (SSSR count). The van der Waals surface area contributed by atoms with E-state index >= 15 is 0 Å². The van der Waals surface area contributed by atoms with Gasteiger partial charge in [0, 0.05) is 25.1 Å². The number of methoxy groups -OCH3 is 1. The number of esters is 1. The Bertz CT molecular complexity index is 436. The van der Waals surface area contributed by atoms with Crippen LogP contribution in [0.25, 0.3) is 0 Å². The standard InChI is InChI=1S/C10H12ClN3O2/c1-14-4-3-7-6(5-14)8(9(15)16-2)13-10(11)12-7/h3-5H2,1-2H3. The zero-order chi connectivity index (χ0) is 11.7. The molecule has 0 amide bonds. The topological polar surface area (TPSA) is 55.3 Å². The van der Waals surface area contributed by atoms with E-state index in [9.17, 15) is 4.79 Å². The van der Waals surface area contributed by atoms with Gasteiger partial charge in [0.15, 0.2) is 5.69 Å². The zero-order valence-corrected chi connectivity index (χ0v) is 9.91. The van der Waals surface area contributed by atoms with E-state index in [4.69, 9.17) is 11.6 Å². The molecule has 0 radical (unpaired) electrons. The van der Waals surface area contributed by atoms with Gasteiger partial charge < -0.3 is 9.64 Å². The number of carbonyl (C=O) groups is 1. The molecule has 5 nitrogen and oxygen atoms in total. The SMILES string of the molecule is COC(=O)c1nc(Cl)nc2c1CN(C)CC2. The predicted molar refractivity (Wildman–Crippen MR) is 58.4 cm³/mol. The van der Waals surface area contributed by atoms with Crippen LogP contribution in [0.5, 0.6) is 0 Å². The molecule has 1 aromatic heterocycles. The zero-order valence-electron chi connectivity index (χ0n) is 9.16. The minimum absolute atomic E-state index is 0.101. The summed E-state index contributed by atoms with van der Waals surface area (Å²) < 4.78 is 4.69. The Morgan fingerprint density at radius 2 is 2.25 bits per heavy atom. The first-order valence-corrected chi connectivity index (χ1v) is 5.31. The maximum Gasteiger partial charge on any atom is 0.357 e. The van der Waals surface area contributed by atoms with Crippen LogP contribution in [-0.4, -0.2) is 41.5 Å². The van der Waals surface area contributed by atoms with Crippen molar-refractivity contribution in [2.24, 2.45) is 0 Å². The number of nitrogens with zero attached hydrogens (tertiary/aromatic N) is 3. The summed E-state index contributed by atoms with van der Waals surface area (Å²) in [5.41, 5.74) is 1.95. The summed E-state index contributed by atoms with van der Waals surface area (Å²) in [6.45, 7) is 1.55. The van der Waals surface area contributed by atoms with Crippen molar-refractivity contribution in [3.8, 4) is 0 Å². The molecule has 16 heavy (non-hydrogen) atoms. The number of aromatic nitrogens is 2. The van der Waals surface area contributed by atoms with Gasteiger partial charge in [-0.15, -0.1) is 0 Å². The molecule has 0 N–H and O–H groups in total. The number of hydrogen-bond acceptors (Lipinski definition) is 5. The van der Waals surface area contributed by atoms with Gasteiger partial charge in [0.1, 0.15) is 0 Å². The molecule has 6 heteroatoms. The Morgan fingerprint density at radius 1 is 1.50 bits per heavy atom. The second-order valence-electron chi connectivity index (χ2n) is 3.75. The molecule has 1 aliphatic rings. The van der Waals surface area contributed by atoms with Crippen LogP contribution in [0.4, 0.5) is 0 Å². The Kier molecular flexibility index (Phi) is 3.07. The molecule has 1 aliphatic heterocycles. The van der Waals surface area contributed by atoms with E-state index in [1.807, 2.05) is 7.05 Å². The molecule has 0 atom stereocenters. The highest BCUT2D eigenvalue weighted by Gasteiger charge is 2.24. The fraction of sp³-hybridized carbons (Fsp3) is 0.500. The first-order chi connectivity index (χ1) is 7.61. The highest BCUT2D eigenvalue weighted by molar-refractivity contribution is 6.28. The Balaban J connectivity index is 2.51. The van der Waals surface area contributed by atoms with Crippen LogP contribution in [0, 0.1) is 0 Å². The second kappa shape index (κ2) is 4.35.